The maximum atomic E-state index is 12.6. The number of ether oxygens (including phenoxy) is 1. The van der Waals surface area contributed by atoms with E-state index in [2.05, 4.69) is 35.8 Å². The minimum absolute atomic E-state index is 0.0332. The second kappa shape index (κ2) is 9.67. The van der Waals surface area contributed by atoms with Gasteiger partial charge in [0.25, 0.3) is 5.91 Å². The Morgan fingerprint density at radius 1 is 1.27 bits per heavy atom. The summed E-state index contributed by atoms with van der Waals surface area (Å²) in [6.45, 7) is 1.88. The third-order valence-corrected chi connectivity index (χ3v) is 4.98. The van der Waals surface area contributed by atoms with Gasteiger partial charge >= 0.3 is 0 Å². The first-order valence-electron chi connectivity index (χ1n) is 9.43. The summed E-state index contributed by atoms with van der Waals surface area (Å²) >= 11 is 12.1. The number of nitrogens with zero attached hydrogens (tertiary/aromatic N) is 6. The number of carbonyl (C=O) groups is 1. The molecule has 0 fully saturated rings. The monoisotopic (exact) mass is 486 g/mol. The quantitative estimate of drug-likeness (QED) is 0.299. The molecule has 0 atom stereocenters. The number of anilines is 1. The molecular weight excluding hydrogens is 471 g/mol. The Bertz CT molecular complexity index is 1330. The SMILES string of the molecule is Cc1nnn(-c2nonc2N)c1C(=O)NN=Cc1cccc(OCc2ccc(Cl)cc2Cl)c1. The number of amides is 1. The molecule has 1 amide bonds. The normalized spacial score (nSPS) is 11.1. The van der Waals surface area contributed by atoms with Gasteiger partial charge in [-0.15, -0.1) is 5.10 Å². The number of nitrogens with one attached hydrogen (secondary N) is 1. The van der Waals surface area contributed by atoms with Crippen molar-refractivity contribution in [3.8, 4) is 11.6 Å². The molecule has 0 unspecified atom stereocenters. The zero-order chi connectivity index (χ0) is 23.4. The lowest BCUT2D eigenvalue weighted by atomic mass is 10.2. The summed E-state index contributed by atoms with van der Waals surface area (Å²) in [6, 6.07) is 12.4. The number of halogens is 2. The fourth-order valence-electron chi connectivity index (χ4n) is 2.81. The van der Waals surface area contributed by atoms with Crippen molar-refractivity contribution in [2.24, 2.45) is 5.10 Å². The molecule has 2 aromatic heterocycles. The first-order valence-corrected chi connectivity index (χ1v) is 10.2. The molecule has 0 aliphatic carbocycles. The molecule has 0 saturated heterocycles. The lowest BCUT2D eigenvalue weighted by Crippen LogP contribution is -2.22. The van der Waals surface area contributed by atoms with Gasteiger partial charge in [0.1, 0.15) is 12.4 Å². The van der Waals surface area contributed by atoms with E-state index in [1.54, 1.807) is 49.4 Å². The van der Waals surface area contributed by atoms with Crippen LogP contribution in [0.2, 0.25) is 10.0 Å². The zero-order valence-electron chi connectivity index (χ0n) is 17.1. The first-order chi connectivity index (χ1) is 15.9. The van der Waals surface area contributed by atoms with E-state index in [0.717, 1.165) is 10.2 Å². The van der Waals surface area contributed by atoms with Crippen LogP contribution in [0.4, 0.5) is 5.82 Å². The van der Waals surface area contributed by atoms with Gasteiger partial charge in [0.2, 0.25) is 11.6 Å². The number of carbonyl (C=O) groups excluding carboxylic acids is 1. The molecule has 0 spiro atoms. The molecule has 13 heteroatoms. The molecule has 0 aliphatic heterocycles. The van der Waals surface area contributed by atoms with E-state index in [1.165, 1.54) is 6.21 Å². The van der Waals surface area contributed by atoms with Gasteiger partial charge in [-0.3, -0.25) is 4.79 Å². The van der Waals surface area contributed by atoms with Crippen LogP contribution >= 0.6 is 23.2 Å². The lowest BCUT2D eigenvalue weighted by molar-refractivity contribution is 0.0946. The lowest BCUT2D eigenvalue weighted by Gasteiger charge is -2.08. The predicted molar refractivity (Wildman–Crippen MR) is 121 cm³/mol. The second-order valence-corrected chi connectivity index (χ2v) is 7.55. The minimum atomic E-state index is -0.569. The van der Waals surface area contributed by atoms with Crippen molar-refractivity contribution in [2.45, 2.75) is 13.5 Å². The van der Waals surface area contributed by atoms with E-state index >= 15 is 0 Å². The maximum Gasteiger partial charge on any atom is 0.292 e. The van der Waals surface area contributed by atoms with Gasteiger partial charge in [0.15, 0.2) is 5.69 Å². The van der Waals surface area contributed by atoms with E-state index in [4.69, 9.17) is 33.7 Å². The topological polar surface area (TPSA) is 146 Å². The molecule has 0 saturated carbocycles. The average Bonchev–Trinajstić information content (AvgIpc) is 3.38. The van der Waals surface area contributed by atoms with E-state index in [-0.39, 0.29) is 23.9 Å². The number of rotatable bonds is 7. The summed E-state index contributed by atoms with van der Waals surface area (Å²) in [6.07, 6.45) is 1.47. The summed E-state index contributed by atoms with van der Waals surface area (Å²) < 4.78 is 11.5. The molecule has 11 nitrogen and oxygen atoms in total. The smallest absolute Gasteiger partial charge is 0.292 e. The van der Waals surface area contributed by atoms with Crippen LogP contribution in [-0.2, 0) is 6.61 Å². The molecule has 4 aromatic rings. The summed E-state index contributed by atoms with van der Waals surface area (Å²) in [5.41, 5.74) is 10.0. The van der Waals surface area contributed by atoms with Gasteiger partial charge in [-0.1, -0.05) is 46.6 Å². The van der Waals surface area contributed by atoms with E-state index < -0.39 is 5.91 Å². The van der Waals surface area contributed by atoms with Crippen LogP contribution in [0.1, 0.15) is 27.3 Å². The fourth-order valence-corrected chi connectivity index (χ4v) is 3.27. The molecule has 0 radical (unpaired) electrons. The van der Waals surface area contributed by atoms with Crippen LogP contribution in [0.15, 0.2) is 52.2 Å². The van der Waals surface area contributed by atoms with Crippen molar-refractivity contribution >= 4 is 41.1 Å². The van der Waals surface area contributed by atoms with Crippen LogP contribution in [0, 0.1) is 6.92 Å². The Labute approximate surface area is 197 Å². The van der Waals surface area contributed by atoms with E-state index in [9.17, 15) is 4.79 Å². The maximum absolute atomic E-state index is 12.6. The van der Waals surface area contributed by atoms with Crippen LogP contribution in [0.5, 0.6) is 5.75 Å². The number of hydrogen-bond acceptors (Lipinski definition) is 9. The standard InChI is InChI=1S/C20H16Cl2N8O3/c1-11-17(30(29-25-11)19-18(23)27-33-28-19)20(31)26-24-9-12-3-2-4-15(7-12)32-10-13-5-6-14(21)8-16(13)22/h2-9H,10H2,1H3,(H2,23,27)(H,26,31). The highest BCUT2D eigenvalue weighted by molar-refractivity contribution is 6.35. The Morgan fingerprint density at radius 2 is 2.12 bits per heavy atom. The highest BCUT2D eigenvalue weighted by atomic mass is 35.5. The predicted octanol–water partition coefficient (Wildman–Crippen LogP) is 3.19. The van der Waals surface area contributed by atoms with Crippen LogP contribution < -0.4 is 15.9 Å². The third kappa shape index (κ3) is 5.10. The van der Waals surface area contributed by atoms with Gasteiger partial charge in [0, 0.05) is 15.6 Å². The largest absolute Gasteiger partial charge is 0.489 e. The number of hydrazone groups is 1. The highest BCUT2D eigenvalue weighted by Gasteiger charge is 2.22. The zero-order valence-corrected chi connectivity index (χ0v) is 18.6. The number of aromatic nitrogens is 5. The number of nitrogens with two attached hydrogens (primary N) is 1. The highest BCUT2D eigenvalue weighted by Crippen LogP contribution is 2.23. The Balaban J connectivity index is 1.42. The van der Waals surface area contributed by atoms with Crippen molar-refractivity contribution in [3.63, 3.8) is 0 Å². The van der Waals surface area contributed by atoms with Crippen molar-refractivity contribution in [1.82, 2.24) is 30.7 Å². The van der Waals surface area contributed by atoms with Crippen LogP contribution in [0.25, 0.3) is 5.82 Å². The van der Waals surface area contributed by atoms with Gasteiger partial charge < -0.3 is 10.5 Å². The number of hydrogen-bond donors (Lipinski definition) is 2. The molecule has 0 aliphatic rings. The summed E-state index contributed by atoms with van der Waals surface area (Å²) in [4.78, 5) is 12.6. The Morgan fingerprint density at radius 3 is 2.88 bits per heavy atom. The van der Waals surface area contributed by atoms with Crippen molar-refractivity contribution < 1.29 is 14.2 Å². The molecule has 4 rings (SSSR count). The molecule has 168 valence electrons. The molecule has 2 aromatic carbocycles. The van der Waals surface area contributed by atoms with Gasteiger partial charge in [-0.2, -0.15) is 9.78 Å². The first kappa shape index (κ1) is 22.2. The molecule has 2 heterocycles. The van der Waals surface area contributed by atoms with E-state index in [0.29, 0.717) is 27.1 Å². The van der Waals surface area contributed by atoms with Crippen LogP contribution in [0.3, 0.4) is 0 Å². The van der Waals surface area contributed by atoms with Crippen molar-refractivity contribution in [3.05, 3.63) is 75.0 Å². The van der Waals surface area contributed by atoms with Crippen molar-refractivity contribution in [1.29, 1.82) is 0 Å². The Hall–Kier alpha value is -3.96. The van der Waals surface area contributed by atoms with Gasteiger partial charge in [-0.05, 0) is 47.1 Å². The molecular formula is C20H16Cl2N8O3. The summed E-state index contributed by atoms with van der Waals surface area (Å²) in [5.74, 6) is 0.0499. The van der Waals surface area contributed by atoms with E-state index in [1.807, 2.05) is 0 Å². The van der Waals surface area contributed by atoms with Crippen LogP contribution in [-0.4, -0.2) is 37.4 Å². The molecule has 0 bridgehead atoms. The number of benzene rings is 2. The molecule has 33 heavy (non-hydrogen) atoms. The number of aryl methyl sites for hydroxylation is 1. The number of nitrogen functional groups attached to an aromatic ring is 1. The third-order valence-electron chi connectivity index (χ3n) is 4.40. The minimum Gasteiger partial charge on any atom is -0.489 e. The van der Waals surface area contributed by atoms with Crippen molar-refractivity contribution in [2.75, 3.05) is 5.73 Å². The summed E-state index contributed by atoms with van der Waals surface area (Å²) in [5, 5.41) is 19.9. The Kier molecular flexibility index (Phi) is 6.52. The van der Waals surface area contributed by atoms with Gasteiger partial charge in [-0.25, -0.2) is 10.1 Å². The second-order valence-electron chi connectivity index (χ2n) is 6.70. The van der Waals surface area contributed by atoms with Gasteiger partial charge in [0.05, 0.1) is 11.9 Å². The fraction of sp³-hybridized carbons (Fsp3) is 0.100. The molecule has 3 N–H and O–H groups in total. The average molecular weight is 487 g/mol. The summed E-state index contributed by atoms with van der Waals surface area (Å²) in [7, 11) is 0.